The Hall–Kier alpha value is -2.70. The van der Waals surface area contributed by atoms with Crippen LogP contribution in [-0.4, -0.2) is 45.3 Å². The van der Waals surface area contributed by atoms with Crippen LogP contribution >= 0.6 is 0 Å². The SMILES string of the molecule is Cc1nn(-c2ccc(F)cc2)c(C)c1CC(=O)N(C)CCCC(=O)O. The molecular weight excluding hydrogens is 325 g/mol. The quantitative estimate of drug-likeness (QED) is 0.835. The summed E-state index contributed by atoms with van der Waals surface area (Å²) in [5.41, 5.74) is 3.14. The van der Waals surface area contributed by atoms with E-state index in [2.05, 4.69) is 5.10 Å². The van der Waals surface area contributed by atoms with E-state index in [1.807, 2.05) is 13.8 Å². The minimum absolute atomic E-state index is 0.0399. The third kappa shape index (κ3) is 4.65. The van der Waals surface area contributed by atoms with Crippen LogP contribution in [0.3, 0.4) is 0 Å². The van der Waals surface area contributed by atoms with E-state index in [1.165, 1.54) is 17.0 Å². The van der Waals surface area contributed by atoms with Gasteiger partial charge in [-0.15, -0.1) is 0 Å². The Morgan fingerprint density at radius 3 is 2.48 bits per heavy atom. The fourth-order valence-corrected chi connectivity index (χ4v) is 2.64. The minimum Gasteiger partial charge on any atom is -0.481 e. The summed E-state index contributed by atoms with van der Waals surface area (Å²) in [7, 11) is 1.67. The number of likely N-dealkylation sites (N-methyl/N-ethyl adjacent to an activating group) is 1. The number of amides is 1. The Labute approximate surface area is 145 Å². The zero-order chi connectivity index (χ0) is 18.6. The van der Waals surface area contributed by atoms with Crippen LogP contribution in [0.25, 0.3) is 5.69 Å². The molecule has 134 valence electrons. The molecule has 1 aromatic heterocycles. The molecule has 0 radical (unpaired) electrons. The predicted octanol–water partition coefficient (Wildman–Crippen LogP) is 2.49. The van der Waals surface area contributed by atoms with Crippen LogP contribution < -0.4 is 0 Å². The maximum atomic E-state index is 13.1. The van der Waals surface area contributed by atoms with Crippen LogP contribution in [0.15, 0.2) is 24.3 Å². The highest BCUT2D eigenvalue weighted by atomic mass is 19.1. The third-order valence-electron chi connectivity index (χ3n) is 4.15. The molecular formula is C18H22FN3O3. The molecule has 0 aliphatic carbocycles. The van der Waals surface area contributed by atoms with Crippen LogP contribution in [0.4, 0.5) is 4.39 Å². The molecule has 25 heavy (non-hydrogen) atoms. The number of aliphatic carboxylic acids is 1. The van der Waals surface area contributed by atoms with E-state index in [4.69, 9.17) is 5.11 Å². The van der Waals surface area contributed by atoms with Gasteiger partial charge in [-0.3, -0.25) is 9.59 Å². The van der Waals surface area contributed by atoms with Crippen molar-refractivity contribution in [1.29, 1.82) is 0 Å². The summed E-state index contributed by atoms with van der Waals surface area (Å²) in [5.74, 6) is -1.27. The first-order chi connectivity index (χ1) is 11.8. The number of aryl methyl sites for hydroxylation is 1. The molecule has 0 atom stereocenters. The lowest BCUT2D eigenvalue weighted by molar-refractivity contribution is -0.138. The summed E-state index contributed by atoms with van der Waals surface area (Å²) in [6.45, 7) is 4.10. The van der Waals surface area contributed by atoms with Crippen molar-refractivity contribution in [2.24, 2.45) is 0 Å². The van der Waals surface area contributed by atoms with Crippen molar-refractivity contribution in [3.63, 3.8) is 0 Å². The van der Waals surface area contributed by atoms with Gasteiger partial charge in [-0.25, -0.2) is 9.07 Å². The largest absolute Gasteiger partial charge is 0.481 e. The van der Waals surface area contributed by atoms with Gasteiger partial charge in [-0.2, -0.15) is 5.10 Å². The number of aromatic nitrogens is 2. The molecule has 0 saturated carbocycles. The number of hydrogen-bond donors (Lipinski definition) is 1. The van der Waals surface area contributed by atoms with Crippen molar-refractivity contribution in [2.45, 2.75) is 33.1 Å². The Balaban J connectivity index is 2.11. The van der Waals surface area contributed by atoms with Gasteiger partial charge in [0.05, 0.1) is 17.8 Å². The molecule has 0 fully saturated rings. The Morgan fingerprint density at radius 1 is 1.24 bits per heavy atom. The topological polar surface area (TPSA) is 75.4 Å². The summed E-state index contributed by atoms with van der Waals surface area (Å²) in [6, 6.07) is 6.01. The molecule has 1 amide bonds. The molecule has 2 rings (SSSR count). The third-order valence-corrected chi connectivity index (χ3v) is 4.15. The maximum absolute atomic E-state index is 13.1. The van der Waals surface area contributed by atoms with E-state index in [1.54, 1.807) is 23.9 Å². The predicted molar refractivity (Wildman–Crippen MR) is 91.2 cm³/mol. The van der Waals surface area contributed by atoms with Gasteiger partial charge in [0.1, 0.15) is 5.82 Å². The van der Waals surface area contributed by atoms with E-state index in [0.717, 1.165) is 22.6 Å². The van der Waals surface area contributed by atoms with E-state index in [0.29, 0.717) is 13.0 Å². The number of halogens is 1. The Bertz CT molecular complexity index is 769. The van der Waals surface area contributed by atoms with E-state index in [9.17, 15) is 14.0 Å². The van der Waals surface area contributed by atoms with Gasteiger partial charge in [0.15, 0.2) is 0 Å². The average Bonchev–Trinajstić information content (AvgIpc) is 2.83. The Kier molecular flexibility index (Phi) is 5.90. The number of hydrogen-bond acceptors (Lipinski definition) is 3. The van der Waals surface area contributed by atoms with Crippen molar-refractivity contribution in [2.75, 3.05) is 13.6 Å². The Morgan fingerprint density at radius 2 is 1.88 bits per heavy atom. The molecule has 0 bridgehead atoms. The minimum atomic E-state index is -0.867. The average molecular weight is 347 g/mol. The van der Waals surface area contributed by atoms with Gasteiger partial charge in [0, 0.05) is 31.3 Å². The van der Waals surface area contributed by atoms with Crippen molar-refractivity contribution in [3.8, 4) is 5.69 Å². The summed E-state index contributed by atoms with van der Waals surface area (Å²) in [5, 5.41) is 13.1. The van der Waals surface area contributed by atoms with Crippen molar-refractivity contribution >= 4 is 11.9 Å². The number of carboxylic acids is 1. The maximum Gasteiger partial charge on any atom is 0.303 e. The summed E-state index contributed by atoms with van der Waals surface area (Å²) in [6.07, 6.45) is 0.658. The van der Waals surface area contributed by atoms with Gasteiger partial charge in [0.2, 0.25) is 5.91 Å². The molecule has 2 aromatic rings. The monoisotopic (exact) mass is 347 g/mol. The van der Waals surface area contributed by atoms with Crippen LogP contribution in [0.1, 0.15) is 29.8 Å². The van der Waals surface area contributed by atoms with Crippen LogP contribution in [0, 0.1) is 19.7 Å². The number of carbonyl (C=O) groups excluding carboxylic acids is 1. The van der Waals surface area contributed by atoms with Crippen molar-refractivity contribution in [1.82, 2.24) is 14.7 Å². The second-order valence-corrected chi connectivity index (χ2v) is 6.03. The second kappa shape index (κ2) is 7.92. The molecule has 1 N–H and O–H groups in total. The zero-order valence-electron chi connectivity index (χ0n) is 14.6. The molecule has 0 unspecified atom stereocenters. The van der Waals surface area contributed by atoms with E-state index >= 15 is 0 Å². The molecule has 1 heterocycles. The number of benzene rings is 1. The van der Waals surface area contributed by atoms with Crippen molar-refractivity contribution in [3.05, 3.63) is 47.0 Å². The number of carbonyl (C=O) groups is 2. The number of nitrogens with zero attached hydrogens (tertiary/aromatic N) is 3. The highest BCUT2D eigenvalue weighted by Crippen LogP contribution is 2.19. The standard InChI is InChI=1S/C18H22FN3O3/c1-12-16(11-17(23)21(3)10-4-5-18(24)25)13(2)22(20-12)15-8-6-14(19)7-9-15/h6-9H,4-5,10-11H2,1-3H3,(H,24,25). The lowest BCUT2D eigenvalue weighted by atomic mass is 10.1. The molecule has 0 saturated heterocycles. The fourth-order valence-electron chi connectivity index (χ4n) is 2.64. The highest BCUT2D eigenvalue weighted by Gasteiger charge is 2.18. The summed E-state index contributed by atoms with van der Waals surface area (Å²) < 4.78 is 14.8. The fraction of sp³-hybridized carbons (Fsp3) is 0.389. The van der Waals surface area contributed by atoms with Gasteiger partial charge in [0.25, 0.3) is 0 Å². The van der Waals surface area contributed by atoms with E-state index in [-0.39, 0.29) is 24.6 Å². The van der Waals surface area contributed by atoms with Crippen LogP contribution in [-0.2, 0) is 16.0 Å². The first kappa shape index (κ1) is 18.6. The summed E-state index contributed by atoms with van der Waals surface area (Å²) >= 11 is 0. The molecule has 0 aliphatic heterocycles. The highest BCUT2D eigenvalue weighted by molar-refractivity contribution is 5.79. The molecule has 7 heteroatoms. The zero-order valence-corrected chi connectivity index (χ0v) is 14.6. The number of rotatable bonds is 7. The summed E-state index contributed by atoms with van der Waals surface area (Å²) in [4.78, 5) is 24.5. The van der Waals surface area contributed by atoms with Crippen LogP contribution in [0.5, 0.6) is 0 Å². The number of carboxylic acid groups (broad SMARTS) is 1. The first-order valence-electron chi connectivity index (χ1n) is 8.06. The molecule has 6 nitrogen and oxygen atoms in total. The molecule has 0 spiro atoms. The van der Waals surface area contributed by atoms with Crippen LogP contribution in [0.2, 0.25) is 0 Å². The van der Waals surface area contributed by atoms with Crippen molar-refractivity contribution < 1.29 is 19.1 Å². The molecule has 1 aromatic carbocycles. The van der Waals surface area contributed by atoms with Gasteiger partial charge < -0.3 is 10.0 Å². The van der Waals surface area contributed by atoms with Gasteiger partial charge in [-0.05, 0) is 44.5 Å². The normalized spacial score (nSPS) is 10.7. The second-order valence-electron chi connectivity index (χ2n) is 6.03. The smallest absolute Gasteiger partial charge is 0.303 e. The van der Waals surface area contributed by atoms with Gasteiger partial charge in [-0.1, -0.05) is 0 Å². The first-order valence-corrected chi connectivity index (χ1v) is 8.06. The van der Waals surface area contributed by atoms with Gasteiger partial charge >= 0.3 is 5.97 Å². The lowest BCUT2D eigenvalue weighted by Crippen LogP contribution is -2.29. The van der Waals surface area contributed by atoms with E-state index < -0.39 is 5.97 Å². The molecule has 0 aliphatic rings. The lowest BCUT2D eigenvalue weighted by Gasteiger charge is -2.16.